The number of aromatic amines is 1. The van der Waals surface area contributed by atoms with Crippen LogP contribution < -0.4 is 11.2 Å². The predicted octanol–water partition coefficient (Wildman–Crippen LogP) is 1.49. The topological polar surface area (TPSA) is 121 Å². The molecule has 1 fully saturated rings. The van der Waals surface area contributed by atoms with Crippen LogP contribution in [-0.2, 0) is 13.1 Å². The summed E-state index contributed by atoms with van der Waals surface area (Å²) in [6, 6.07) is 9.76. The molecule has 0 saturated carbocycles. The number of nitrogens with zero attached hydrogens (tertiary/aromatic N) is 5. The van der Waals surface area contributed by atoms with Gasteiger partial charge in [0.25, 0.3) is 5.56 Å². The molecule has 1 N–H and O–H groups in total. The Morgan fingerprint density at radius 1 is 1.17 bits per heavy atom. The van der Waals surface area contributed by atoms with E-state index in [1.807, 2.05) is 18.2 Å². The van der Waals surface area contributed by atoms with Gasteiger partial charge in [0.05, 0.1) is 0 Å². The Bertz CT molecular complexity index is 1160. The molecule has 148 valence electrons. The van der Waals surface area contributed by atoms with Crippen molar-refractivity contribution in [1.82, 2.24) is 24.6 Å². The van der Waals surface area contributed by atoms with Gasteiger partial charge in [0, 0.05) is 18.3 Å². The van der Waals surface area contributed by atoms with Gasteiger partial charge < -0.3 is 4.52 Å². The van der Waals surface area contributed by atoms with Gasteiger partial charge >= 0.3 is 5.69 Å². The number of nitriles is 1. The first-order valence-electron chi connectivity index (χ1n) is 9.50. The number of hydrogen-bond donors (Lipinski definition) is 1. The summed E-state index contributed by atoms with van der Waals surface area (Å²) < 4.78 is 6.42. The molecule has 9 heteroatoms. The summed E-state index contributed by atoms with van der Waals surface area (Å²) in [5.74, 6) is 0.637. The Kier molecular flexibility index (Phi) is 5.35. The molecule has 0 atom stereocenters. The summed E-state index contributed by atoms with van der Waals surface area (Å²) in [5.41, 5.74) is 0.504. The normalized spacial score (nSPS) is 14.6. The highest BCUT2D eigenvalue weighted by atomic mass is 16.5. The van der Waals surface area contributed by atoms with Crippen LogP contribution in [0.2, 0.25) is 0 Å². The Hall–Kier alpha value is -3.51. The van der Waals surface area contributed by atoms with E-state index in [4.69, 9.17) is 9.78 Å². The van der Waals surface area contributed by atoms with Crippen molar-refractivity contribution in [3.8, 4) is 17.5 Å². The third kappa shape index (κ3) is 4.33. The Morgan fingerprint density at radius 2 is 2.00 bits per heavy atom. The molecule has 3 heterocycles. The molecule has 0 radical (unpaired) electrons. The minimum absolute atomic E-state index is 0.0369. The molecule has 2 aromatic heterocycles. The van der Waals surface area contributed by atoms with E-state index in [-0.39, 0.29) is 18.0 Å². The van der Waals surface area contributed by atoms with Crippen molar-refractivity contribution in [2.45, 2.75) is 32.4 Å². The summed E-state index contributed by atoms with van der Waals surface area (Å²) >= 11 is 0. The van der Waals surface area contributed by atoms with Gasteiger partial charge in [-0.1, -0.05) is 29.8 Å². The predicted molar refractivity (Wildman–Crippen MR) is 104 cm³/mol. The van der Waals surface area contributed by atoms with Crippen LogP contribution in [0.1, 0.15) is 36.3 Å². The number of rotatable bonds is 5. The number of hydrogen-bond acceptors (Lipinski definition) is 7. The van der Waals surface area contributed by atoms with Crippen LogP contribution in [0.15, 0.2) is 44.6 Å². The van der Waals surface area contributed by atoms with E-state index in [2.05, 4.69) is 26.1 Å². The van der Waals surface area contributed by atoms with Gasteiger partial charge in [0.2, 0.25) is 11.7 Å². The van der Waals surface area contributed by atoms with Gasteiger partial charge in [-0.2, -0.15) is 10.2 Å². The number of likely N-dealkylation sites (tertiary alicyclic amines) is 1. The molecule has 0 aliphatic carbocycles. The molecule has 0 amide bonds. The van der Waals surface area contributed by atoms with Gasteiger partial charge in [0.15, 0.2) is 0 Å². The zero-order valence-electron chi connectivity index (χ0n) is 15.8. The average molecular weight is 392 g/mol. The van der Waals surface area contributed by atoms with E-state index in [0.717, 1.165) is 29.8 Å². The second-order valence-electron chi connectivity index (χ2n) is 7.09. The van der Waals surface area contributed by atoms with Crippen LogP contribution in [0.5, 0.6) is 0 Å². The summed E-state index contributed by atoms with van der Waals surface area (Å²) in [5, 5.41) is 13.0. The van der Waals surface area contributed by atoms with Crippen LogP contribution >= 0.6 is 0 Å². The van der Waals surface area contributed by atoms with Crippen molar-refractivity contribution in [2.75, 3.05) is 13.1 Å². The molecule has 3 aromatic rings. The van der Waals surface area contributed by atoms with Crippen molar-refractivity contribution in [3.63, 3.8) is 0 Å². The fourth-order valence-corrected chi connectivity index (χ4v) is 3.47. The molecular formula is C20H20N6O3. The number of nitrogens with one attached hydrogen (secondary N) is 1. The first kappa shape index (κ1) is 18.8. The van der Waals surface area contributed by atoms with Crippen LogP contribution in [-0.4, -0.2) is 37.7 Å². The fraction of sp³-hybridized carbons (Fsp3) is 0.350. The third-order valence-corrected chi connectivity index (χ3v) is 4.95. The van der Waals surface area contributed by atoms with E-state index >= 15 is 0 Å². The lowest BCUT2D eigenvalue weighted by Crippen LogP contribution is -2.31. The molecular weight excluding hydrogens is 372 g/mol. The minimum Gasteiger partial charge on any atom is -0.337 e. The molecule has 29 heavy (non-hydrogen) atoms. The highest BCUT2D eigenvalue weighted by molar-refractivity contribution is 5.55. The molecule has 1 saturated heterocycles. The highest BCUT2D eigenvalue weighted by Gasteiger charge is 2.14. The number of piperidine rings is 1. The Labute approximate surface area is 166 Å². The molecule has 1 aliphatic rings. The first-order chi connectivity index (χ1) is 14.1. The zero-order chi connectivity index (χ0) is 20.2. The van der Waals surface area contributed by atoms with Crippen LogP contribution in [0, 0.1) is 11.3 Å². The van der Waals surface area contributed by atoms with Crippen molar-refractivity contribution < 1.29 is 4.52 Å². The van der Waals surface area contributed by atoms with Gasteiger partial charge in [-0.05, 0) is 37.6 Å². The zero-order valence-corrected chi connectivity index (χ0v) is 15.8. The minimum atomic E-state index is -0.717. The van der Waals surface area contributed by atoms with E-state index in [0.29, 0.717) is 5.82 Å². The second-order valence-corrected chi connectivity index (χ2v) is 7.09. The standard InChI is InChI=1S/C20H20N6O3/c21-10-16-12-26(20(28)23-19(16)27)13-17-22-18(24-29-17)15-6-4-5-14(9-15)11-25-7-2-1-3-8-25/h4-6,9,12H,1-3,7-8,11,13H2,(H,23,27,28). The fourth-order valence-electron chi connectivity index (χ4n) is 3.47. The average Bonchev–Trinajstić information content (AvgIpc) is 3.20. The quantitative estimate of drug-likeness (QED) is 0.698. The van der Waals surface area contributed by atoms with Gasteiger partial charge in [-0.15, -0.1) is 0 Å². The lowest BCUT2D eigenvalue weighted by atomic mass is 10.1. The van der Waals surface area contributed by atoms with Crippen LogP contribution in [0.3, 0.4) is 0 Å². The van der Waals surface area contributed by atoms with Crippen LogP contribution in [0.25, 0.3) is 11.4 Å². The largest absolute Gasteiger partial charge is 0.337 e. The molecule has 0 bridgehead atoms. The van der Waals surface area contributed by atoms with E-state index in [1.54, 1.807) is 6.07 Å². The van der Waals surface area contributed by atoms with Crippen molar-refractivity contribution >= 4 is 0 Å². The maximum absolute atomic E-state index is 11.9. The Balaban J connectivity index is 1.52. The Morgan fingerprint density at radius 3 is 2.79 bits per heavy atom. The number of benzene rings is 1. The summed E-state index contributed by atoms with van der Waals surface area (Å²) in [7, 11) is 0. The SMILES string of the molecule is N#Cc1cn(Cc2nc(-c3cccc(CN4CCCCC4)c3)no2)c(=O)[nH]c1=O. The smallest absolute Gasteiger partial charge is 0.328 e. The molecule has 9 nitrogen and oxygen atoms in total. The van der Waals surface area contributed by atoms with Crippen molar-refractivity contribution in [1.29, 1.82) is 5.26 Å². The third-order valence-electron chi connectivity index (χ3n) is 4.95. The summed E-state index contributed by atoms with van der Waals surface area (Å²) in [4.78, 5) is 32.3. The van der Waals surface area contributed by atoms with E-state index in [1.165, 1.54) is 31.0 Å². The second kappa shape index (κ2) is 8.24. The van der Waals surface area contributed by atoms with Crippen LogP contribution in [0.4, 0.5) is 0 Å². The van der Waals surface area contributed by atoms with Gasteiger partial charge in [-0.25, -0.2) is 4.79 Å². The molecule has 0 spiro atoms. The highest BCUT2D eigenvalue weighted by Crippen LogP contribution is 2.20. The molecule has 4 rings (SSSR count). The molecule has 0 unspecified atom stereocenters. The maximum Gasteiger partial charge on any atom is 0.328 e. The lowest BCUT2D eigenvalue weighted by Gasteiger charge is -2.26. The monoisotopic (exact) mass is 392 g/mol. The molecule has 1 aliphatic heterocycles. The summed E-state index contributed by atoms with van der Waals surface area (Å²) in [6.45, 7) is 3.09. The van der Waals surface area contributed by atoms with Crippen molar-refractivity contribution in [3.05, 3.63) is 68.3 Å². The molecule has 1 aromatic carbocycles. The first-order valence-corrected chi connectivity index (χ1v) is 9.50. The summed E-state index contributed by atoms with van der Waals surface area (Å²) in [6.07, 6.45) is 4.97. The van der Waals surface area contributed by atoms with Gasteiger partial charge in [-0.3, -0.25) is 19.2 Å². The van der Waals surface area contributed by atoms with E-state index in [9.17, 15) is 9.59 Å². The maximum atomic E-state index is 11.9. The number of aromatic nitrogens is 4. The van der Waals surface area contributed by atoms with Gasteiger partial charge in [0.1, 0.15) is 18.2 Å². The van der Waals surface area contributed by atoms with Crippen molar-refractivity contribution in [2.24, 2.45) is 0 Å². The van der Waals surface area contributed by atoms with E-state index < -0.39 is 11.2 Å². The number of H-pyrrole nitrogens is 1. The lowest BCUT2D eigenvalue weighted by molar-refractivity contribution is 0.221.